The van der Waals surface area contributed by atoms with E-state index in [0.717, 1.165) is 34.7 Å². The summed E-state index contributed by atoms with van der Waals surface area (Å²) in [5.74, 6) is 0.619. The van der Waals surface area contributed by atoms with Crippen LogP contribution in [0.3, 0.4) is 0 Å². The van der Waals surface area contributed by atoms with Crippen molar-refractivity contribution in [1.82, 2.24) is 10.3 Å². The number of nitrogens with one attached hydrogen (secondary N) is 1. The van der Waals surface area contributed by atoms with E-state index in [1.807, 2.05) is 54.8 Å². The topological polar surface area (TPSA) is 66.3 Å². The van der Waals surface area contributed by atoms with Gasteiger partial charge >= 0.3 is 0 Å². The summed E-state index contributed by atoms with van der Waals surface area (Å²) >= 11 is 1.40. The molecule has 1 N–H and O–H groups in total. The van der Waals surface area contributed by atoms with Crippen LogP contribution < -0.4 is 20.6 Å². The van der Waals surface area contributed by atoms with E-state index >= 15 is 0 Å². The van der Waals surface area contributed by atoms with Gasteiger partial charge in [0.15, 0.2) is 11.3 Å². The lowest BCUT2D eigenvalue weighted by Gasteiger charge is -2.34. The molecule has 6 nitrogen and oxygen atoms in total. The Labute approximate surface area is 180 Å². The van der Waals surface area contributed by atoms with Crippen LogP contribution in [-0.2, 0) is 4.79 Å². The number of amidine groups is 1. The number of fused-ring (bicyclic) bond motifs is 2. The summed E-state index contributed by atoms with van der Waals surface area (Å²) in [6.45, 7) is 2.86. The number of ether oxygens (including phenoxy) is 1. The minimum Gasteiger partial charge on any atom is -0.493 e. The van der Waals surface area contributed by atoms with Gasteiger partial charge in [0, 0.05) is 10.8 Å². The van der Waals surface area contributed by atoms with E-state index in [-0.39, 0.29) is 5.91 Å². The minimum atomic E-state index is -0.463. The highest BCUT2D eigenvalue weighted by Crippen LogP contribution is 2.35. The van der Waals surface area contributed by atoms with Gasteiger partial charge in [0.05, 0.1) is 12.0 Å². The molecule has 2 aromatic carbocycles. The molecule has 30 heavy (non-hydrogen) atoms. The third kappa shape index (κ3) is 4.07. The number of rotatable bonds is 7. The van der Waals surface area contributed by atoms with Gasteiger partial charge in [-0.15, -0.1) is 5.10 Å². The van der Waals surface area contributed by atoms with Crippen LogP contribution in [-0.4, -0.2) is 28.9 Å². The van der Waals surface area contributed by atoms with Crippen LogP contribution in [0.4, 0.5) is 0 Å². The fraction of sp³-hybridized carbons (Fsp3) is 0.348. The second kappa shape index (κ2) is 9.34. The number of para-hydroxylation sites is 2. The van der Waals surface area contributed by atoms with Crippen molar-refractivity contribution < 1.29 is 9.53 Å². The first kappa shape index (κ1) is 20.5. The van der Waals surface area contributed by atoms with Crippen molar-refractivity contribution in [2.75, 3.05) is 12.9 Å². The maximum absolute atomic E-state index is 12.9. The molecule has 0 bridgehead atoms. The third-order valence-corrected chi connectivity index (χ3v) is 5.73. The van der Waals surface area contributed by atoms with E-state index in [0.29, 0.717) is 17.5 Å². The number of thioether (sulfide) groups is 1. The summed E-state index contributed by atoms with van der Waals surface area (Å²) in [6.07, 6.45) is 6.02. The zero-order valence-electron chi connectivity index (χ0n) is 17.3. The number of benzene rings is 2. The minimum absolute atomic E-state index is 0.167. The monoisotopic (exact) mass is 422 g/mol. The van der Waals surface area contributed by atoms with Gasteiger partial charge in [-0.3, -0.25) is 15.1 Å². The summed E-state index contributed by atoms with van der Waals surface area (Å²) < 4.78 is 6.13. The zero-order chi connectivity index (χ0) is 20.9. The predicted molar refractivity (Wildman–Crippen MR) is 120 cm³/mol. The molecule has 0 aliphatic carbocycles. The second-order valence-corrected chi connectivity index (χ2v) is 8.02. The zero-order valence-corrected chi connectivity index (χ0v) is 18.1. The van der Waals surface area contributed by atoms with Gasteiger partial charge in [0.25, 0.3) is 5.91 Å². The number of unbranched alkanes of at least 4 members (excludes halogenated alkanes) is 3. The average molecular weight is 423 g/mol. The van der Waals surface area contributed by atoms with Gasteiger partial charge in [0.1, 0.15) is 11.4 Å². The third-order valence-electron chi connectivity index (χ3n) is 5.16. The molecule has 2 heterocycles. The SMILES string of the molecule is CCCCCCOc1ccccc1C1N=c2ccccc2=C2C(=O)NC(SC)=NN21. The van der Waals surface area contributed by atoms with Crippen LogP contribution >= 0.6 is 11.8 Å². The standard InChI is InChI=1S/C23H26N4O2S/c1-3-4-5-10-15-29-19-14-9-7-12-17(19)21-24-18-13-8-6-11-16(18)20-22(28)25-23(30-2)26-27(20)21/h6-9,11-14,21H,3-5,10,15H2,1-2H3,(H,25,26,28). The van der Waals surface area contributed by atoms with E-state index in [1.54, 1.807) is 5.01 Å². The number of carbonyl (C=O) groups excluding carboxylic acids is 1. The molecule has 156 valence electrons. The summed E-state index contributed by atoms with van der Waals surface area (Å²) in [6, 6.07) is 15.6. The van der Waals surface area contributed by atoms with Crippen molar-refractivity contribution in [3.8, 4) is 5.75 Å². The van der Waals surface area contributed by atoms with Crippen LogP contribution in [0.15, 0.2) is 58.6 Å². The summed E-state index contributed by atoms with van der Waals surface area (Å²) in [5, 5.41) is 11.4. The molecule has 7 heteroatoms. The molecule has 1 unspecified atom stereocenters. The Kier molecular flexibility index (Phi) is 6.38. The first-order valence-electron chi connectivity index (χ1n) is 10.3. The quantitative estimate of drug-likeness (QED) is 0.696. The molecule has 0 saturated heterocycles. The van der Waals surface area contributed by atoms with Gasteiger partial charge in [-0.05, 0) is 24.8 Å². The van der Waals surface area contributed by atoms with Crippen LogP contribution in [0.5, 0.6) is 5.75 Å². The smallest absolute Gasteiger partial charge is 0.276 e. The van der Waals surface area contributed by atoms with Gasteiger partial charge < -0.3 is 4.74 Å². The Balaban J connectivity index is 1.75. The van der Waals surface area contributed by atoms with E-state index in [4.69, 9.17) is 9.73 Å². The van der Waals surface area contributed by atoms with Gasteiger partial charge in [-0.25, -0.2) is 5.01 Å². The number of amides is 1. The molecule has 2 aliphatic heterocycles. The maximum atomic E-state index is 12.9. The Hall–Kier alpha value is -2.80. The molecule has 2 aliphatic rings. The number of hydrogen-bond acceptors (Lipinski definition) is 6. The molecular formula is C23H26N4O2S. The van der Waals surface area contributed by atoms with Crippen molar-refractivity contribution in [3.05, 3.63) is 64.7 Å². The Morgan fingerprint density at radius 1 is 1.10 bits per heavy atom. The summed E-state index contributed by atoms with van der Waals surface area (Å²) in [4.78, 5) is 17.9. The highest BCUT2D eigenvalue weighted by molar-refractivity contribution is 8.13. The van der Waals surface area contributed by atoms with Crippen molar-refractivity contribution in [2.24, 2.45) is 10.1 Å². The van der Waals surface area contributed by atoms with Gasteiger partial charge in [-0.2, -0.15) is 0 Å². The highest BCUT2D eigenvalue weighted by Gasteiger charge is 2.35. The molecular weight excluding hydrogens is 396 g/mol. The number of nitrogens with zero attached hydrogens (tertiary/aromatic N) is 3. The van der Waals surface area contributed by atoms with Gasteiger partial charge in [0.2, 0.25) is 0 Å². The molecule has 0 spiro atoms. The molecule has 1 amide bonds. The fourth-order valence-corrected chi connectivity index (χ4v) is 4.02. The van der Waals surface area contributed by atoms with Crippen molar-refractivity contribution in [3.63, 3.8) is 0 Å². The molecule has 0 radical (unpaired) electrons. The number of carbonyl (C=O) groups is 1. The number of hydrogen-bond donors (Lipinski definition) is 1. The molecule has 4 rings (SSSR count). The lowest BCUT2D eigenvalue weighted by molar-refractivity contribution is -0.116. The molecule has 1 atom stereocenters. The Morgan fingerprint density at radius 2 is 1.90 bits per heavy atom. The van der Waals surface area contributed by atoms with Crippen molar-refractivity contribution >= 4 is 28.5 Å². The summed E-state index contributed by atoms with van der Waals surface area (Å²) in [5.41, 5.74) is 1.42. The second-order valence-electron chi connectivity index (χ2n) is 7.22. The lowest BCUT2D eigenvalue weighted by Crippen LogP contribution is -2.50. The normalized spacial score (nSPS) is 17.5. The van der Waals surface area contributed by atoms with E-state index in [9.17, 15) is 4.79 Å². The first-order chi connectivity index (χ1) is 14.7. The van der Waals surface area contributed by atoms with E-state index in [2.05, 4.69) is 17.3 Å². The largest absolute Gasteiger partial charge is 0.493 e. The first-order valence-corrected chi connectivity index (χ1v) is 11.6. The summed E-state index contributed by atoms with van der Waals surface area (Å²) in [7, 11) is 0. The van der Waals surface area contributed by atoms with Crippen LogP contribution in [0.1, 0.15) is 44.3 Å². The predicted octanol–water partition coefficient (Wildman–Crippen LogP) is 3.15. The van der Waals surface area contributed by atoms with Gasteiger partial charge in [-0.1, -0.05) is 74.3 Å². The van der Waals surface area contributed by atoms with Crippen molar-refractivity contribution in [1.29, 1.82) is 0 Å². The van der Waals surface area contributed by atoms with Crippen molar-refractivity contribution in [2.45, 2.75) is 38.8 Å². The lowest BCUT2D eigenvalue weighted by atomic mass is 10.1. The van der Waals surface area contributed by atoms with E-state index in [1.165, 1.54) is 24.6 Å². The fourth-order valence-electron chi connectivity index (χ4n) is 3.66. The maximum Gasteiger partial charge on any atom is 0.276 e. The molecule has 0 fully saturated rings. The van der Waals surface area contributed by atoms with Crippen LogP contribution in [0.25, 0.3) is 5.70 Å². The van der Waals surface area contributed by atoms with Crippen LogP contribution in [0.2, 0.25) is 0 Å². The molecule has 2 aromatic rings. The van der Waals surface area contributed by atoms with Crippen LogP contribution in [0, 0.1) is 0 Å². The molecule has 0 saturated carbocycles. The van der Waals surface area contributed by atoms with E-state index < -0.39 is 6.17 Å². The Morgan fingerprint density at radius 3 is 2.73 bits per heavy atom. The Bertz CT molecular complexity index is 1080. The average Bonchev–Trinajstić information content (AvgIpc) is 2.78. The molecule has 0 aromatic heterocycles. The highest BCUT2D eigenvalue weighted by atomic mass is 32.2. The number of hydrazone groups is 1.